The van der Waals surface area contributed by atoms with Gasteiger partial charge in [-0.15, -0.1) is 0 Å². The molecule has 5 heteroatoms. The van der Waals surface area contributed by atoms with Crippen LogP contribution in [-0.2, 0) is 6.54 Å². The first kappa shape index (κ1) is 13.1. The predicted octanol–water partition coefficient (Wildman–Crippen LogP) is 3.58. The van der Waals surface area contributed by atoms with Gasteiger partial charge in [0.1, 0.15) is 0 Å². The summed E-state index contributed by atoms with van der Waals surface area (Å²) in [6, 6.07) is 14.0. The zero-order valence-electron chi connectivity index (χ0n) is 12.8. The maximum Gasteiger partial charge on any atom is 0.0987 e. The number of imidazole rings is 1. The monoisotopic (exact) mass is 311 g/mol. The highest BCUT2D eigenvalue weighted by atomic mass is 15.1. The van der Waals surface area contributed by atoms with E-state index in [0.29, 0.717) is 6.54 Å². The minimum atomic E-state index is 0.674. The van der Waals surface area contributed by atoms with Crippen LogP contribution in [-0.4, -0.2) is 24.5 Å². The SMILES string of the molecule is c1ccc(Cn2cnc3c4cccnc4c4ncccc4c32)nc1. The van der Waals surface area contributed by atoms with Crippen molar-refractivity contribution in [3.05, 3.63) is 73.1 Å². The van der Waals surface area contributed by atoms with Gasteiger partial charge in [-0.25, -0.2) is 4.98 Å². The van der Waals surface area contributed by atoms with E-state index >= 15 is 0 Å². The lowest BCUT2D eigenvalue weighted by molar-refractivity contribution is 0.799. The first-order chi connectivity index (χ1) is 11.9. The summed E-state index contributed by atoms with van der Waals surface area (Å²) < 4.78 is 2.13. The van der Waals surface area contributed by atoms with Crippen molar-refractivity contribution >= 4 is 32.8 Å². The summed E-state index contributed by atoms with van der Waals surface area (Å²) in [5, 5.41) is 2.09. The summed E-state index contributed by atoms with van der Waals surface area (Å²) >= 11 is 0. The fourth-order valence-corrected chi connectivity index (χ4v) is 3.22. The second kappa shape index (κ2) is 5.09. The van der Waals surface area contributed by atoms with Crippen molar-refractivity contribution in [1.29, 1.82) is 0 Å². The van der Waals surface area contributed by atoms with E-state index < -0.39 is 0 Å². The number of pyridine rings is 3. The number of nitrogens with zero attached hydrogens (tertiary/aromatic N) is 5. The molecule has 0 N–H and O–H groups in total. The Morgan fingerprint density at radius 3 is 2.21 bits per heavy atom. The Hall–Kier alpha value is -3.34. The zero-order valence-corrected chi connectivity index (χ0v) is 12.8. The summed E-state index contributed by atoms with van der Waals surface area (Å²) in [5.74, 6) is 0. The molecule has 5 aromatic rings. The van der Waals surface area contributed by atoms with Crippen molar-refractivity contribution in [2.45, 2.75) is 6.54 Å². The maximum atomic E-state index is 4.66. The van der Waals surface area contributed by atoms with Crippen molar-refractivity contribution in [3.63, 3.8) is 0 Å². The number of hydrogen-bond donors (Lipinski definition) is 0. The number of rotatable bonds is 2. The summed E-state index contributed by atoms with van der Waals surface area (Å²) in [5.41, 5.74) is 4.82. The molecule has 5 nitrogen and oxygen atoms in total. The van der Waals surface area contributed by atoms with Crippen LogP contribution in [0.4, 0.5) is 0 Å². The molecule has 0 radical (unpaired) electrons. The fourth-order valence-electron chi connectivity index (χ4n) is 3.22. The van der Waals surface area contributed by atoms with Gasteiger partial charge < -0.3 is 4.57 Å². The van der Waals surface area contributed by atoms with Crippen LogP contribution in [0, 0.1) is 0 Å². The predicted molar refractivity (Wildman–Crippen MR) is 93.7 cm³/mol. The van der Waals surface area contributed by atoms with Gasteiger partial charge in [0.2, 0.25) is 0 Å². The first-order valence-corrected chi connectivity index (χ1v) is 7.78. The molecule has 0 unspecified atom stereocenters. The van der Waals surface area contributed by atoms with Gasteiger partial charge in [0.05, 0.1) is 40.6 Å². The van der Waals surface area contributed by atoms with Crippen LogP contribution in [0.1, 0.15) is 5.69 Å². The number of hydrogen-bond acceptors (Lipinski definition) is 4. The average Bonchev–Trinajstić information content (AvgIpc) is 3.07. The van der Waals surface area contributed by atoms with Gasteiger partial charge in [-0.1, -0.05) is 6.07 Å². The second-order valence-electron chi connectivity index (χ2n) is 5.69. The van der Waals surface area contributed by atoms with E-state index in [4.69, 9.17) is 0 Å². The van der Waals surface area contributed by atoms with Crippen LogP contribution in [0.5, 0.6) is 0 Å². The summed E-state index contributed by atoms with van der Waals surface area (Å²) in [7, 11) is 0. The highest BCUT2D eigenvalue weighted by molar-refractivity contribution is 6.20. The van der Waals surface area contributed by atoms with E-state index in [-0.39, 0.29) is 0 Å². The maximum absolute atomic E-state index is 4.66. The van der Waals surface area contributed by atoms with E-state index in [0.717, 1.165) is 38.5 Å². The van der Waals surface area contributed by atoms with Crippen LogP contribution in [0.3, 0.4) is 0 Å². The van der Waals surface area contributed by atoms with E-state index in [2.05, 4.69) is 36.6 Å². The summed E-state index contributed by atoms with van der Waals surface area (Å²) in [6.07, 6.45) is 7.29. The minimum absolute atomic E-state index is 0.674. The smallest absolute Gasteiger partial charge is 0.0987 e. The van der Waals surface area contributed by atoms with Crippen molar-refractivity contribution in [2.24, 2.45) is 0 Å². The first-order valence-electron chi connectivity index (χ1n) is 7.78. The van der Waals surface area contributed by atoms with Crippen LogP contribution in [0.15, 0.2) is 67.4 Å². The van der Waals surface area contributed by atoms with Gasteiger partial charge in [-0.3, -0.25) is 15.0 Å². The third-order valence-electron chi connectivity index (χ3n) is 4.25. The topological polar surface area (TPSA) is 56.5 Å². The summed E-state index contributed by atoms with van der Waals surface area (Å²) in [4.78, 5) is 18.2. The highest BCUT2D eigenvalue weighted by Gasteiger charge is 2.14. The molecule has 4 heterocycles. The van der Waals surface area contributed by atoms with Gasteiger partial charge in [0.25, 0.3) is 0 Å². The van der Waals surface area contributed by atoms with Gasteiger partial charge in [-0.05, 0) is 36.4 Å². The molecule has 4 aromatic heterocycles. The zero-order chi connectivity index (χ0) is 15.9. The van der Waals surface area contributed by atoms with Crippen molar-refractivity contribution in [3.8, 4) is 0 Å². The molecule has 5 rings (SSSR count). The van der Waals surface area contributed by atoms with Gasteiger partial charge in [0.15, 0.2) is 0 Å². The molecule has 24 heavy (non-hydrogen) atoms. The molecule has 0 spiro atoms. The Balaban J connectivity index is 1.88. The average molecular weight is 311 g/mol. The third kappa shape index (κ3) is 1.88. The lowest BCUT2D eigenvalue weighted by Crippen LogP contribution is -2.00. The molecule has 0 fully saturated rings. The lowest BCUT2D eigenvalue weighted by Gasteiger charge is -2.08. The highest BCUT2D eigenvalue weighted by Crippen LogP contribution is 2.32. The van der Waals surface area contributed by atoms with Crippen molar-refractivity contribution in [2.75, 3.05) is 0 Å². The molecule has 0 aliphatic rings. The van der Waals surface area contributed by atoms with Gasteiger partial charge in [-0.2, -0.15) is 0 Å². The van der Waals surface area contributed by atoms with Crippen LogP contribution in [0.2, 0.25) is 0 Å². The molecule has 0 aliphatic heterocycles. The third-order valence-corrected chi connectivity index (χ3v) is 4.25. The molecule has 0 saturated heterocycles. The molecular weight excluding hydrogens is 298 g/mol. The normalized spacial score (nSPS) is 11.5. The fraction of sp³-hybridized carbons (Fsp3) is 0.0526. The molecule has 0 bridgehead atoms. The molecule has 0 atom stereocenters. The molecular formula is C19H13N5. The molecule has 0 saturated carbocycles. The minimum Gasteiger partial charge on any atom is -0.324 e. The Kier molecular flexibility index (Phi) is 2.79. The molecule has 0 amide bonds. The Morgan fingerprint density at radius 2 is 1.42 bits per heavy atom. The van der Waals surface area contributed by atoms with Gasteiger partial charge in [0, 0.05) is 29.4 Å². The van der Waals surface area contributed by atoms with Crippen molar-refractivity contribution < 1.29 is 0 Å². The quantitative estimate of drug-likeness (QED) is 0.468. The van der Waals surface area contributed by atoms with E-state index in [1.54, 1.807) is 6.20 Å². The van der Waals surface area contributed by atoms with Crippen LogP contribution in [0.25, 0.3) is 32.8 Å². The van der Waals surface area contributed by atoms with E-state index in [1.165, 1.54) is 0 Å². The second-order valence-corrected chi connectivity index (χ2v) is 5.69. The van der Waals surface area contributed by atoms with Crippen molar-refractivity contribution in [1.82, 2.24) is 24.5 Å². The lowest BCUT2D eigenvalue weighted by atomic mass is 10.1. The molecule has 114 valence electrons. The van der Waals surface area contributed by atoms with Crippen LogP contribution >= 0.6 is 0 Å². The standard InChI is InChI=1S/C19H13N5/c1-2-8-20-13(5-1)11-24-12-23-18-14-6-3-9-21-16(14)17-15(19(18)24)7-4-10-22-17/h1-10,12H,11H2. The van der Waals surface area contributed by atoms with E-state index in [1.807, 2.05) is 49.1 Å². The van der Waals surface area contributed by atoms with E-state index in [9.17, 15) is 0 Å². The number of aromatic nitrogens is 5. The number of fused-ring (bicyclic) bond motifs is 6. The largest absolute Gasteiger partial charge is 0.324 e. The molecule has 1 aromatic carbocycles. The Morgan fingerprint density at radius 1 is 0.667 bits per heavy atom. The van der Waals surface area contributed by atoms with Crippen LogP contribution < -0.4 is 0 Å². The Bertz CT molecular complexity index is 1180. The number of benzene rings is 1. The molecule has 0 aliphatic carbocycles. The Labute approximate surface area is 137 Å². The summed E-state index contributed by atoms with van der Waals surface area (Å²) in [6.45, 7) is 0.674. The van der Waals surface area contributed by atoms with Gasteiger partial charge >= 0.3 is 0 Å².